The largest absolute Gasteiger partial charge is 0.480 e. The first-order chi connectivity index (χ1) is 7.07. The van der Waals surface area contributed by atoms with E-state index in [4.69, 9.17) is 15.6 Å². The molecule has 1 amide bonds. The van der Waals surface area contributed by atoms with Crippen molar-refractivity contribution in [2.45, 2.75) is 6.04 Å². The number of nitrogens with one attached hydrogen (secondary N) is 1. The van der Waals surface area contributed by atoms with E-state index in [0.29, 0.717) is 0 Å². The molecule has 0 aromatic heterocycles. The van der Waals surface area contributed by atoms with Crippen molar-refractivity contribution in [3.63, 3.8) is 0 Å². The molecular weight excluding hydrogens is 204 g/mol. The van der Waals surface area contributed by atoms with Crippen LogP contribution >= 0.6 is 0 Å². The number of amides is 1. The van der Waals surface area contributed by atoms with E-state index in [2.05, 4.69) is 10.1 Å². The van der Waals surface area contributed by atoms with Crippen LogP contribution in [0.4, 0.5) is 0 Å². The van der Waals surface area contributed by atoms with Crippen LogP contribution in [-0.2, 0) is 19.1 Å². The van der Waals surface area contributed by atoms with Gasteiger partial charge < -0.3 is 25.6 Å². The van der Waals surface area contributed by atoms with E-state index in [1.165, 1.54) is 7.11 Å². The van der Waals surface area contributed by atoms with E-state index in [9.17, 15) is 9.59 Å². The molecule has 0 heterocycles. The Kier molecular flexibility index (Phi) is 7.51. The average Bonchev–Trinajstić information content (AvgIpc) is 2.16. The number of carboxylic acid groups (broad SMARTS) is 1. The van der Waals surface area contributed by atoms with Crippen molar-refractivity contribution >= 4 is 11.9 Å². The van der Waals surface area contributed by atoms with E-state index in [0.717, 1.165) is 0 Å². The third-order valence-corrected chi connectivity index (χ3v) is 1.45. The Morgan fingerprint density at radius 3 is 2.73 bits per heavy atom. The zero-order chi connectivity index (χ0) is 11.7. The zero-order valence-corrected chi connectivity index (χ0v) is 8.56. The standard InChI is InChI=1S/C8H16N2O5/c1-14-4-6(9)8(13)10-2-3-15-5-7(11)12/h6H,2-5,9H2,1H3,(H,10,13)(H,11,12). The Morgan fingerprint density at radius 2 is 2.20 bits per heavy atom. The summed E-state index contributed by atoms with van der Waals surface area (Å²) in [6.45, 7) is 0.128. The molecule has 4 N–H and O–H groups in total. The number of hydrogen-bond acceptors (Lipinski definition) is 5. The van der Waals surface area contributed by atoms with Gasteiger partial charge in [0.15, 0.2) is 0 Å². The fourth-order valence-electron chi connectivity index (χ4n) is 0.792. The molecule has 0 aromatic carbocycles. The number of aliphatic carboxylic acids is 1. The van der Waals surface area contributed by atoms with Gasteiger partial charge in [0.05, 0.1) is 13.2 Å². The van der Waals surface area contributed by atoms with Crippen molar-refractivity contribution in [3.8, 4) is 0 Å². The quantitative estimate of drug-likeness (QED) is 0.415. The van der Waals surface area contributed by atoms with E-state index in [1.807, 2.05) is 0 Å². The number of methoxy groups -OCH3 is 1. The summed E-state index contributed by atoms with van der Waals surface area (Å²) >= 11 is 0. The van der Waals surface area contributed by atoms with Crippen LogP contribution in [0.3, 0.4) is 0 Å². The summed E-state index contributed by atoms with van der Waals surface area (Å²) in [5, 5.41) is 10.7. The van der Waals surface area contributed by atoms with Crippen molar-refractivity contribution < 1.29 is 24.2 Å². The van der Waals surface area contributed by atoms with Gasteiger partial charge in [-0.05, 0) is 0 Å². The first-order valence-corrected chi connectivity index (χ1v) is 4.39. The third kappa shape index (κ3) is 7.86. The second kappa shape index (κ2) is 8.16. The zero-order valence-electron chi connectivity index (χ0n) is 8.56. The molecule has 1 atom stereocenters. The molecule has 0 aliphatic carbocycles. The molecule has 0 rings (SSSR count). The van der Waals surface area contributed by atoms with E-state index >= 15 is 0 Å². The molecule has 88 valence electrons. The normalized spacial score (nSPS) is 12.1. The van der Waals surface area contributed by atoms with Crippen LogP contribution < -0.4 is 11.1 Å². The molecular formula is C8H16N2O5. The lowest BCUT2D eigenvalue weighted by molar-refractivity contribution is -0.142. The first kappa shape index (κ1) is 13.8. The second-order valence-corrected chi connectivity index (χ2v) is 2.80. The summed E-state index contributed by atoms with van der Waals surface area (Å²) < 4.78 is 9.39. The summed E-state index contributed by atoms with van der Waals surface area (Å²) in [5.74, 6) is -1.40. The minimum absolute atomic E-state index is 0.137. The predicted molar refractivity (Wildman–Crippen MR) is 51.3 cm³/mol. The van der Waals surface area contributed by atoms with Gasteiger partial charge in [-0.1, -0.05) is 0 Å². The van der Waals surface area contributed by atoms with Gasteiger partial charge in [-0.25, -0.2) is 4.79 Å². The number of nitrogens with two attached hydrogens (primary N) is 1. The van der Waals surface area contributed by atoms with Crippen LogP contribution in [0.1, 0.15) is 0 Å². The Balaban J connectivity index is 3.42. The molecule has 0 saturated heterocycles. The summed E-state index contributed by atoms with van der Waals surface area (Å²) in [7, 11) is 1.45. The van der Waals surface area contributed by atoms with Crippen molar-refractivity contribution in [2.75, 3.05) is 33.5 Å². The lowest BCUT2D eigenvalue weighted by Gasteiger charge is -2.10. The molecule has 7 heteroatoms. The molecule has 1 unspecified atom stereocenters. The van der Waals surface area contributed by atoms with Crippen molar-refractivity contribution in [1.29, 1.82) is 0 Å². The summed E-state index contributed by atoms with van der Waals surface area (Å²) in [5.41, 5.74) is 5.42. The van der Waals surface area contributed by atoms with Crippen LogP contribution in [0.5, 0.6) is 0 Å². The maximum absolute atomic E-state index is 11.1. The highest BCUT2D eigenvalue weighted by molar-refractivity contribution is 5.81. The monoisotopic (exact) mass is 220 g/mol. The van der Waals surface area contributed by atoms with Gasteiger partial charge in [0.25, 0.3) is 0 Å². The lowest BCUT2D eigenvalue weighted by atomic mass is 10.3. The Hall–Kier alpha value is -1.18. The smallest absolute Gasteiger partial charge is 0.329 e. The average molecular weight is 220 g/mol. The van der Waals surface area contributed by atoms with E-state index < -0.39 is 12.0 Å². The molecule has 0 aromatic rings. The number of hydrogen-bond donors (Lipinski definition) is 3. The number of carbonyl (C=O) groups is 2. The molecule has 0 bridgehead atoms. The van der Waals surface area contributed by atoms with Gasteiger partial charge in [-0.3, -0.25) is 4.79 Å². The van der Waals surface area contributed by atoms with Gasteiger partial charge in [0, 0.05) is 13.7 Å². The Morgan fingerprint density at radius 1 is 1.53 bits per heavy atom. The molecule has 0 radical (unpaired) electrons. The van der Waals surface area contributed by atoms with Crippen molar-refractivity contribution in [1.82, 2.24) is 5.32 Å². The number of rotatable bonds is 8. The molecule has 0 fully saturated rings. The molecule has 0 aliphatic heterocycles. The van der Waals surface area contributed by atoms with Crippen molar-refractivity contribution in [3.05, 3.63) is 0 Å². The molecule has 0 spiro atoms. The third-order valence-electron chi connectivity index (χ3n) is 1.45. The SMILES string of the molecule is COCC(N)C(=O)NCCOCC(=O)O. The van der Waals surface area contributed by atoms with E-state index in [-0.39, 0.29) is 32.3 Å². The van der Waals surface area contributed by atoms with Crippen LogP contribution in [-0.4, -0.2) is 56.5 Å². The fraction of sp³-hybridized carbons (Fsp3) is 0.750. The van der Waals surface area contributed by atoms with Crippen LogP contribution in [0.2, 0.25) is 0 Å². The van der Waals surface area contributed by atoms with Gasteiger partial charge in [0.1, 0.15) is 12.6 Å². The predicted octanol–water partition coefficient (Wildman–Crippen LogP) is -1.82. The molecule has 0 aliphatic rings. The van der Waals surface area contributed by atoms with Gasteiger partial charge >= 0.3 is 5.97 Å². The van der Waals surface area contributed by atoms with Gasteiger partial charge in [0.2, 0.25) is 5.91 Å². The van der Waals surface area contributed by atoms with Crippen LogP contribution in [0.15, 0.2) is 0 Å². The summed E-state index contributed by atoms with van der Waals surface area (Å²) in [4.78, 5) is 21.2. The highest BCUT2D eigenvalue weighted by atomic mass is 16.5. The lowest BCUT2D eigenvalue weighted by Crippen LogP contribution is -2.44. The molecule has 0 saturated carbocycles. The van der Waals surface area contributed by atoms with Crippen LogP contribution in [0, 0.1) is 0 Å². The maximum Gasteiger partial charge on any atom is 0.329 e. The first-order valence-electron chi connectivity index (χ1n) is 4.39. The molecule has 7 nitrogen and oxygen atoms in total. The summed E-state index contributed by atoms with van der Waals surface area (Å²) in [6.07, 6.45) is 0. The minimum Gasteiger partial charge on any atom is -0.480 e. The molecule has 15 heavy (non-hydrogen) atoms. The number of ether oxygens (including phenoxy) is 2. The highest BCUT2D eigenvalue weighted by Crippen LogP contribution is 1.80. The van der Waals surface area contributed by atoms with Crippen molar-refractivity contribution in [2.24, 2.45) is 5.73 Å². The topological polar surface area (TPSA) is 111 Å². The van der Waals surface area contributed by atoms with Crippen LogP contribution in [0.25, 0.3) is 0 Å². The second-order valence-electron chi connectivity index (χ2n) is 2.80. The minimum atomic E-state index is -1.04. The van der Waals surface area contributed by atoms with E-state index in [1.54, 1.807) is 0 Å². The number of carboxylic acids is 1. The Labute approximate surface area is 87.5 Å². The Bertz CT molecular complexity index is 209. The van der Waals surface area contributed by atoms with Gasteiger partial charge in [-0.2, -0.15) is 0 Å². The van der Waals surface area contributed by atoms with Gasteiger partial charge in [-0.15, -0.1) is 0 Å². The summed E-state index contributed by atoms with van der Waals surface area (Å²) in [6, 6.07) is -0.713. The fourth-order valence-corrected chi connectivity index (χ4v) is 0.792. The maximum atomic E-state index is 11.1. The highest BCUT2D eigenvalue weighted by Gasteiger charge is 2.11. The number of carbonyl (C=O) groups excluding carboxylic acids is 1.